The number of benzene rings is 3. The summed E-state index contributed by atoms with van der Waals surface area (Å²) in [6, 6.07) is 20.5. The van der Waals surface area contributed by atoms with E-state index >= 15 is 0 Å². The fourth-order valence-electron chi connectivity index (χ4n) is 3.85. The highest BCUT2D eigenvalue weighted by Gasteiger charge is 2.30. The van der Waals surface area contributed by atoms with Crippen LogP contribution in [0.15, 0.2) is 72.8 Å². The Morgan fingerprint density at radius 3 is 2.28 bits per heavy atom. The van der Waals surface area contributed by atoms with Crippen LogP contribution in [0.25, 0.3) is 0 Å². The summed E-state index contributed by atoms with van der Waals surface area (Å²) in [5.41, 5.74) is 3.24. The Labute approximate surface area is 167 Å². The molecule has 3 aromatic carbocycles. The molecule has 2 nitrogen and oxygen atoms in total. The molecule has 4 rings (SSSR count). The Balaban J connectivity index is 1.40. The number of hydrogen-bond donors (Lipinski definition) is 1. The van der Waals surface area contributed by atoms with Crippen LogP contribution in [-0.2, 0) is 19.2 Å². The van der Waals surface area contributed by atoms with E-state index in [2.05, 4.69) is 6.07 Å². The van der Waals surface area contributed by atoms with Gasteiger partial charge in [-0.15, -0.1) is 0 Å². The van der Waals surface area contributed by atoms with Crippen molar-refractivity contribution in [1.82, 2.24) is 0 Å². The summed E-state index contributed by atoms with van der Waals surface area (Å²) in [6.07, 6.45) is -3.05. The van der Waals surface area contributed by atoms with Crippen molar-refractivity contribution in [2.45, 2.75) is 37.6 Å². The lowest BCUT2D eigenvalue weighted by Gasteiger charge is -2.30. The van der Waals surface area contributed by atoms with Gasteiger partial charge in [0.1, 0.15) is 12.4 Å². The van der Waals surface area contributed by atoms with Crippen LogP contribution < -0.4 is 4.74 Å². The zero-order valence-corrected chi connectivity index (χ0v) is 15.7. The van der Waals surface area contributed by atoms with Crippen molar-refractivity contribution in [2.24, 2.45) is 0 Å². The molecule has 0 aromatic heterocycles. The molecule has 5 heteroatoms. The van der Waals surface area contributed by atoms with Crippen LogP contribution in [-0.4, -0.2) is 5.11 Å². The zero-order valence-electron chi connectivity index (χ0n) is 15.7. The van der Waals surface area contributed by atoms with E-state index in [9.17, 15) is 18.3 Å². The van der Waals surface area contributed by atoms with Crippen LogP contribution in [0, 0.1) is 0 Å². The van der Waals surface area contributed by atoms with Crippen molar-refractivity contribution in [3.63, 3.8) is 0 Å². The number of aryl methyl sites for hydroxylation is 1. The Bertz CT molecular complexity index is 963. The van der Waals surface area contributed by atoms with E-state index in [1.807, 2.05) is 42.5 Å². The van der Waals surface area contributed by atoms with Gasteiger partial charge in [0, 0.05) is 5.92 Å². The SMILES string of the molecule is OC1c2ccccc2CCC1c1ccc(OCc2ccc(C(F)(F)F)cc2)cc1. The Morgan fingerprint density at radius 1 is 0.897 bits per heavy atom. The van der Waals surface area contributed by atoms with Gasteiger partial charge in [0.25, 0.3) is 0 Å². The molecule has 2 atom stereocenters. The highest BCUT2D eigenvalue weighted by Crippen LogP contribution is 2.41. The first kappa shape index (κ1) is 19.5. The molecule has 3 aromatic rings. The van der Waals surface area contributed by atoms with E-state index in [0.29, 0.717) is 11.3 Å². The van der Waals surface area contributed by atoms with Gasteiger partial charge >= 0.3 is 6.18 Å². The van der Waals surface area contributed by atoms with E-state index in [1.54, 1.807) is 0 Å². The lowest BCUT2D eigenvalue weighted by molar-refractivity contribution is -0.137. The summed E-state index contributed by atoms with van der Waals surface area (Å²) in [7, 11) is 0. The largest absolute Gasteiger partial charge is 0.489 e. The summed E-state index contributed by atoms with van der Waals surface area (Å²) in [5, 5.41) is 10.8. The topological polar surface area (TPSA) is 29.5 Å². The van der Waals surface area contributed by atoms with Crippen LogP contribution in [0.3, 0.4) is 0 Å². The third-order valence-corrected chi connectivity index (χ3v) is 5.47. The van der Waals surface area contributed by atoms with E-state index in [0.717, 1.165) is 36.1 Å². The molecule has 1 aliphatic rings. The number of hydrogen-bond acceptors (Lipinski definition) is 2. The first-order chi connectivity index (χ1) is 13.9. The average Bonchev–Trinajstić information content (AvgIpc) is 2.73. The number of rotatable bonds is 4. The van der Waals surface area contributed by atoms with Crippen molar-refractivity contribution in [3.05, 3.63) is 101 Å². The van der Waals surface area contributed by atoms with Crippen LogP contribution in [0.2, 0.25) is 0 Å². The van der Waals surface area contributed by atoms with Gasteiger partial charge in [-0.25, -0.2) is 0 Å². The van der Waals surface area contributed by atoms with E-state index in [4.69, 9.17) is 4.74 Å². The van der Waals surface area contributed by atoms with Crippen LogP contribution in [0.5, 0.6) is 5.75 Å². The highest BCUT2D eigenvalue weighted by atomic mass is 19.4. The van der Waals surface area contributed by atoms with Gasteiger partial charge in [-0.3, -0.25) is 0 Å². The molecule has 0 spiro atoms. The van der Waals surface area contributed by atoms with E-state index in [1.165, 1.54) is 17.7 Å². The minimum atomic E-state index is -4.33. The van der Waals surface area contributed by atoms with Crippen molar-refractivity contribution < 1.29 is 23.0 Å². The second-order valence-corrected chi connectivity index (χ2v) is 7.34. The van der Waals surface area contributed by atoms with Gasteiger partial charge in [-0.1, -0.05) is 48.5 Å². The van der Waals surface area contributed by atoms with Gasteiger partial charge in [-0.05, 0) is 59.4 Å². The summed E-state index contributed by atoms with van der Waals surface area (Å²) in [4.78, 5) is 0. The maximum atomic E-state index is 12.6. The Kier molecular flexibility index (Phi) is 5.33. The van der Waals surface area contributed by atoms with Crippen molar-refractivity contribution in [1.29, 1.82) is 0 Å². The second kappa shape index (κ2) is 7.91. The molecular weight excluding hydrogens is 377 g/mol. The lowest BCUT2D eigenvalue weighted by Crippen LogP contribution is -2.18. The molecule has 0 radical (unpaired) electrons. The number of halogens is 3. The maximum absolute atomic E-state index is 12.6. The Morgan fingerprint density at radius 2 is 1.59 bits per heavy atom. The number of alkyl halides is 3. The van der Waals surface area contributed by atoms with Gasteiger partial charge < -0.3 is 9.84 Å². The molecule has 0 saturated carbocycles. The molecular formula is C24H21F3O2. The normalized spacial score (nSPS) is 18.9. The molecule has 0 bridgehead atoms. The minimum absolute atomic E-state index is 0.0360. The summed E-state index contributed by atoms with van der Waals surface area (Å²) >= 11 is 0. The molecule has 0 aliphatic heterocycles. The number of fused-ring (bicyclic) bond motifs is 1. The van der Waals surface area contributed by atoms with E-state index in [-0.39, 0.29) is 12.5 Å². The molecule has 29 heavy (non-hydrogen) atoms. The highest BCUT2D eigenvalue weighted by molar-refractivity contribution is 5.38. The molecule has 1 N–H and O–H groups in total. The summed E-state index contributed by atoms with van der Waals surface area (Å²) < 4.78 is 43.6. The fraction of sp³-hybridized carbons (Fsp3) is 0.250. The first-order valence-corrected chi connectivity index (χ1v) is 9.56. The lowest BCUT2D eigenvalue weighted by atomic mass is 9.78. The summed E-state index contributed by atoms with van der Waals surface area (Å²) in [6.45, 7) is 0.191. The molecule has 150 valence electrons. The molecule has 0 saturated heterocycles. The van der Waals surface area contributed by atoms with Crippen LogP contribution in [0.4, 0.5) is 13.2 Å². The molecule has 2 unspecified atom stereocenters. The third kappa shape index (κ3) is 4.30. The predicted octanol–water partition coefficient (Wildman–Crippen LogP) is 6.05. The standard InChI is InChI=1S/C24H21F3O2/c25-24(26,27)19-10-5-16(6-11-19)15-29-20-12-7-18(8-13-20)22-14-9-17-3-1-2-4-21(17)23(22)28/h1-8,10-13,22-23,28H,9,14-15H2. The smallest absolute Gasteiger partial charge is 0.416 e. The number of aliphatic hydroxyl groups excluding tert-OH is 1. The maximum Gasteiger partial charge on any atom is 0.416 e. The van der Waals surface area contributed by atoms with Crippen molar-refractivity contribution in [2.75, 3.05) is 0 Å². The predicted molar refractivity (Wildman–Crippen MR) is 105 cm³/mol. The van der Waals surface area contributed by atoms with Gasteiger partial charge in [0.15, 0.2) is 0 Å². The minimum Gasteiger partial charge on any atom is -0.489 e. The van der Waals surface area contributed by atoms with Crippen molar-refractivity contribution >= 4 is 0 Å². The van der Waals surface area contributed by atoms with Gasteiger partial charge in [0.2, 0.25) is 0 Å². The molecule has 0 fully saturated rings. The first-order valence-electron chi connectivity index (χ1n) is 9.56. The molecule has 0 amide bonds. The zero-order chi connectivity index (χ0) is 20.4. The second-order valence-electron chi connectivity index (χ2n) is 7.34. The van der Waals surface area contributed by atoms with Gasteiger partial charge in [0.05, 0.1) is 11.7 Å². The monoisotopic (exact) mass is 398 g/mol. The number of ether oxygens (including phenoxy) is 1. The average molecular weight is 398 g/mol. The fourth-order valence-corrected chi connectivity index (χ4v) is 3.85. The van der Waals surface area contributed by atoms with Gasteiger partial charge in [-0.2, -0.15) is 13.2 Å². The van der Waals surface area contributed by atoms with Crippen LogP contribution >= 0.6 is 0 Å². The third-order valence-electron chi connectivity index (χ3n) is 5.47. The van der Waals surface area contributed by atoms with E-state index < -0.39 is 17.8 Å². The summed E-state index contributed by atoms with van der Waals surface area (Å²) in [5.74, 6) is 0.674. The van der Waals surface area contributed by atoms with Crippen molar-refractivity contribution in [3.8, 4) is 5.75 Å². The number of aliphatic hydroxyl groups is 1. The quantitative estimate of drug-likeness (QED) is 0.580. The Hall–Kier alpha value is -2.79. The molecule has 0 heterocycles. The molecule has 1 aliphatic carbocycles. The van der Waals surface area contributed by atoms with Crippen LogP contribution in [0.1, 0.15) is 46.3 Å².